The fourth-order valence-corrected chi connectivity index (χ4v) is 1.50. The van der Waals surface area contributed by atoms with Gasteiger partial charge in [-0.3, -0.25) is 20.4 Å². The number of aryl methyl sites for hydroxylation is 1. The summed E-state index contributed by atoms with van der Waals surface area (Å²) in [6, 6.07) is 4.71. The first-order chi connectivity index (χ1) is 8.91. The van der Waals surface area contributed by atoms with Gasteiger partial charge in [-0.25, -0.2) is 0 Å². The third kappa shape index (κ3) is 4.59. The van der Waals surface area contributed by atoms with Gasteiger partial charge in [0.25, 0.3) is 0 Å². The Morgan fingerprint density at radius 2 is 2.05 bits per heavy atom. The van der Waals surface area contributed by atoms with Gasteiger partial charge in [0.1, 0.15) is 6.04 Å². The minimum Gasteiger partial charge on any atom is -0.480 e. The molecule has 6 heteroatoms. The second-order valence-electron chi connectivity index (χ2n) is 4.40. The van der Waals surface area contributed by atoms with E-state index >= 15 is 0 Å². The first-order valence-electron chi connectivity index (χ1n) is 6.01. The van der Waals surface area contributed by atoms with Gasteiger partial charge in [-0.15, -0.1) is 0 Å². The van der Waals surface area contributed by atoms with Crippen LogP contribution in [0.5, 0.6) is 0 Å². The highest BCUT2D eigenvalue weighted by atomic mass is 16.4. The van der Waals surface area contributed by atoms with Crippen LogP contribution in [0.2, 0.25) is 0 Å². The van der Waals surface area contributed by atoms with Gasteiger partial charge in [0.15, 0.2) is 0 Å². The molecular weight excluding hydrogens is 246 g/mol. The smallest absolute Gasteiger partial charge is 0.320 e. The van der Waals surface area contributed by atoms with Crippen molar-refractivity contribution in [3.8, 4) is 0 Å². The summed E-state index contributed by atoms with van der Waals surface area (Å²) in [7, 11) is 0. The summed E-state index contributed by atoms with van der Waals surface area (Å²) in [6.45, 7) is 3.93. The average Bonchev–Trinajstić information content (AvgIpc) is 2.37. The molecule has 0 saturated heterocycles. The van der Waals surface area contributed by atoms with Gasteiger partial charge in [-0.1, -0.05) is 12.1 Å². The topological polar surface area (TPSA) is 104 Å². The van der Waals surface area contributed by atoms with Crippen LogP contribution in [-0.4, -0.2) is 23.0 Å². The highest BCUT2D eigenvalue weighted by molar-refractivity contribution is 5.79. The summed E-state index contributed by atoms with van der Waals surface area (Å²) in [5, 5.41) is 8.60. The lowest BCUT2D eigenvalue weighted by Crippen LogP contribution is -2.34. The van der Waals surface area contributed by atoms with Gasteiger partial charge >= 0.3 is 5.97 Å². The van der Waals surface area contributed by atoms with E-state index in [1.807, 2.05) is 32.0 Å². The zero-order valence-electron chi connectivity index (χ0n) is 11.1. The van der Waals surface area contributed by atoms with Gasteiger partial charge < -0.3 is 10.8 Å². The summed E-state index contributed by atoms with van der Waals surface area (Å²) in [6.07, 6.45) is 0.168. The maximum atomic E-state index is 11.5. The van der Waals surface area contributed by atoms with Crippen LogP contribution in [0, 0.1) is 13.8 Å². The van der Waals surface area contributed by atoms with Crippen LogP contribution in [-0.2, 0) is 9.59 Å². The molecule has 0 radical (unpaired) electrons. The lowest BCUT2D eigenvalue weighted by molar-refractivity contribution is -0.138. The van der Waals surface area contributed by atoms with Crippen LogP contribution in [0.1, 0.15) is 24.0 Å². The number of anilines is 1. The SMILES string of the molecule is Cc1cccc(NNC(=O)CC[C@@H](N)C(=O)O)c1C. The van der Waals surface area contributed by atoms with Crippen molar-refractivity contribution in [2.45, 2.75) is 32.7 Å². The summed E-state index contributed by atoms with van der Waals surface area (Å²) in [4.78, 5) is 22.0. The third-order valence-corrected chi connectivity index (χ3v) is 2.94. The molecule has 1 aromatic carbocycles. The lowest BCUT2D eigenvalue weighted by atomic mass is 10.1. The van der Waals surface area contributed by atoms with Crippen LogP contribution in [0.15, 0.2) is 18.2 Å². The molecule has 0 spiro atoms. The Hall–Kier alpha value is -2.08. The van der Waals surface area contributed by atoms with Crippen molar-refractivity contribution in [2.75, 3.05) is 5.43 Å². The van der Waals surface area contributed by atoms with E-state index in [0.29, 0.717) is 0 Å². The molecule has 0 aliphatic rings. The second-order valence-corrected chi connectivity index (χ2v) is 4.40. The van der Waals surface area contributed by atoms with Crippen molar-refractivity contribution in [3.63, 3.8) is 0 Å². The maximum Gasteiger partial charge on any atom is 0.320 e. The molecule has 0 aliphatic carbocycles. The van der Waals surface area contributed by atoms with Crippen molar-refractivity contribution in [2.24, 2.45) is 5.73 Å². The fourth-order valence-electron chi connectivity index (χ4n) is 1.50. The Kier molecular flexibility index (Phi) is 5.32. The molecule has 1 aromatic rings. The van der Waals surface area contributed by atoms with E-state index in [0.717, 1.165) is 16.8 Å². The zero-order valence-corrected chi connectivity index (χ0v) is 11.1. The third-order valence-electron chi connectivity index (χ3n) is 2.94. The molecule has 1 amide bonds. The fraction of sp³-hybridized carbons (Fsp3) is 0.385. The molecule has 0 fully saturated rings. The molecule has 1 rings (SSSR count). The number of carbonyl (C=O) groups is 2. The summed E-state index contributed by atoms with van der Waals surface area (Å²) in [5.41, 5.74) is 13.6. The number of benzene rings is 1. The number of hydrogen-bond donors (Lipinski definition) is 4. The van der Waals surface area contributed by atoms with Gasteiger partial charge in [-0.05, 0) is 37.5 Å². The first-order valence-corrected chi connectivity index (χ1v) is 6.01. The van der Waals surface area contributed by atoms with Crippen molar-refractivity contribution in [3.05, 3.63) is 29.3 Å². The molecule has 6 nitrogen and oxygen atoms in total. The minimum absolute atomic E-state index is 0.0608. The van der Waals surface area contributed by atoms with E-state index in [2.05, 4.69) is 10.9 Å². The number of hydrogen-bond acceptors (Lipinski definition) is 4. The number of carboxylic acids is 1. The number of nitrogens with two attached hydrogens (primary N) is 1. The number of nitrogens with one attached hydrogen (secondary N) is 2. The molecular formula is C13H19N3O3. The normalized spacial score (nSPS) is 11.7. The quantitative estimate of drug-likeness (QED) is 0.573. The van der Waals surface area contributed by atoms with Gasteiger partial charge in [0.2, 0.25) is 5.91 Å². The molecule has 0 bridgehead atoms. The Balaban J connectivity index is 2.42. The summed E-state index contributed by atoms with van der Waals surface area (Å²) in [5.74, 6) is -1.40. The molecule has 1 atom stereocenters. The zero-order chi connectivity index (χ0) is 14.4. The molecule has 19 heavy (non-hydrogen) atoms. The van der Waals surface area contributed by atoms with Gasteiger partial charge in [-0.2, -0.15) is 0 Å². The number of carbonyl (C=O) groups excluding carboxylic acids is 1. The van der Waals surface area contributed by atoms with Crippen LogP contribution < -0.4 is 16.6 Å². The molecule has 104 valence electrons. The van der Waals surface area contributed by atoms with E-state index in [4.69, 9.17) is 10.8 Å². The molecule has 0 heterocycles. The van der Waals surface area contributed by atoms with E-state index in [1.54, 1.807) is 0 Å². The van der Waals surface area contributed by atoms with Crippen LogP contribution in [0.3, 0.4) is 0 Å². The van der Waals surface area contributed by atoms with Crippen LogP contribution in [0.25, 0.3) is 0 Å². The molecule has 0 saturated carbocycles. The Morgan fingerprint density at radius 3 is 2.68 bits per heavy atom. The van der Waals surface area contributed by atoms with E-state index < -0.39 is 12.0 Å². The average molecular weight is 265 g/mol. The summed E-state index contributed by atoms with van der Waals surface area (Å²) >= 11 is 0. The van der Waals surface area contributed by atoms with Crippen molar-refractivity contribution in [1.29, 1.82) is 0 Å². The van der Waals surface area contributed by atoms with Crippen molar-refractivity contribution >= 4 is 17.6 Å². The molecule has 0 aromatic heterocycles. The number of aliphatic carboxylic acids is 1. The number of hydrazine groups is 1. The molecule has 0 unspecified atom stereocenters. The number of rotatable bonds is 6. The number of carboxylic acid groups (broad SMARTS) is 1. The van der Waals surface area contributed by atoms with E-state index in [9.17, 15) is 9.59 Å². The summed E-state index contributed by atoms with van der Waals surface area (Å²) < 4.78 is 0. The Bertz CT molecular complexity index is 474. The molecule has 0 aliphatic heterocycles. The predicted molar refractivity (Wildman–Crippen MR) is 72.5 cm³/mol. The minimum atomic E-state index is -1.10. The Morgan fingerprint density at radius 1 is 1.37 bits per heavy atom. The van der Waals surface area contributed by atoms with Crippen LogP contribution >= 0.6 is 0 Å². The standard InChI is InChI=1S/C13H19N3O3/c1-8-4-3-5-11(9(8)2)15-16-12(17)7-6-10(14)13(18)19/h3-5,10,15H,6-7,14H2,1-2H3,(H,16,17)(H,18,19)/t10-/m1/s1. The Labute approximate surface area is 112 Å². The van der Waals surface area contributed by atoms with Gasteiger partial charge in [0, 0.05) is 6.42 Å². The van der Waals surface area contributed by atoms with Crippen molar-refractivity contribution in [1.82, 2.24) is 5.43 Å². The first kappa shape index (κ1) is 15.0. The second kappa shape index (κ2) is 6.75. The van der Waals surface area contributed by atoms with E-state index in [-0.39, 0.29) is 18.7 Å². The lowest BCUT2D eigenvalue weighted by Gasteiger charge is -2.13. The predicted octanol–water partition coefficient (Wildman–Crippen LogP) is 0.939. The largest absolute Gasteiger partial charge is 0.480 e. The molecule has 5 N–H and O–H groups in total. The highest BCUT2D eigenvalue weighted by Gasteiger charge is 2.13. The highest BCUT2D eigenvalue weighted by Crippen LogP contribution is 2.16. The van der Waals surface area contributed by atoms with Crippen molar-refractivity contribution < 1.29 is 14.7 Å². The maximum absolute atomic E-state index is 11.5. The van der Waals surface area contributed by atoms with Crippen LogP contribution in [0.4, 0.5) is 5.69 Å². The van der Waals surface area contributed by atoms with Gasteiger partial charge in [0.05, 0.1) is 5.69 Å². The number of amides is 1. The monoisotopic (exact) mass is 265 g/mol. The van der Waals surface area contributed by atoms with E-state index in [1.165, 1.54) is 0 Å².